The number of ether oxygens (including phenoxy) is 1. The van der Waals surface area contributed by atoms with Crippen molar-refractivity contribution in [3.63, 3.8) is 0 Å². The van der Waals surface area contributed by atoms with E-state index in [4.69, 9.17) is 4.74 Å². The lowest BCUT2D eigenvalue weighted by atomic mass is 10.0. The quantitative estimate of drug-likeness (QED) is 0.447. The van der Waals surface area contributed by atoms with Crippen LogP contribution in [0.3, 0.4) is 0 Å². The first kappa shape index (κ1) is 11.3. The Morgan fingerprint density at radius 1 is 1.39 bits per heavy atom. The maximum atomic E-state index is 11.0. The van der Waals surface area contributed by atoms with Crippen LogP contribution in [0.5, 0.6) is 0 Å². The predicted octanol–water partition coefficient (Wildman–Crippen LogP) is 0.319. The topological polar surface area (TPSA) is 98.5 Å². The lowest BCUT2D eigenvalue weighted by Crippen LogP contribution is -2.37. The molecule has 0 amide bonds. The van der Waals surface area contributed by atoms with Crippen molar-refractivity contribution < 1.29 is 18.1 Å². The zero-order valence-corrected chi connectivity index (χ0v) is 9.81. The summed E-state index contributed by atoms with van der Waals surface area (Å²) in [6, 6.07) is 4.35. The monoisotopic (exact) mass is 268 g/mol. The third-order valence-electron chi connectivity index (χ3n) is 3.09. The van der Waals surface area contributed by atoms with Crippen LogP contribution in [0.4, 0.5) is 5.69 Å². The van der Waals surface area contributed by atoms with Crippen LogP contribution in [-0.4, -0.2) is 24.9 Å². The van der Waals surface area contributed by atoms with E-state index in [9.17, 15) is 18.5 Å². The molecule has 1 fully saturated rings. The molecule has 0 spiro atoms. The standard InChI is InChI=1S/C10H8N2O5S/c13-12(14)5-1-2-6-7(3-5)8-4-11-10(18(15)16)9(6)17-8/h1-3,8-9,11H,4H2. The molecule has 2 heterocycles. The predicted molar refractivity (Wildman–Crippen MR) is 61.6 cm³/mol. The van der Waals surface area contributed by atoms with Gasteiger partial charge in [-0.15, -0.1) is 0 Å². The van der Waals surface area contributed by atoms with E-state index in [1.54, 1.807) is 6.07 Å². The van der Waals surface area contributed by atoms with E-state index in [-0.39, 0.29) is 16.8 Å². The first-order valence-corrected chi connectivity index (χ1v) is 6.29. The number of rotatable bonds is 1. The van der Waals surface area contributed by atoms with Gasteiger partial charge in [0, 0.05) is 18.7 Å². The van der Waals surface area contributed by atoms with E-state index >= 15 is 0 Å². The average Bonchev–Trinajstić information content (AvgIpc) is 2.62. The van der Waals surface area contributed by atoms with Crippen molar-refractivity contribution in [2.24, 2.45) is 0 Å². The molecule has 2 aliphatic heterocycles. The van der Waals surface area contributed by atoms with Gasteiger partial charge in [-0.05, 0) is 17.2 Å². The van der Waals surface area contributed by atoms with Gasteiger partial charge in [0.2, 0.25) is 10.3 Å². The Morgan fingerprint density at radius 3 is 2.83 bits per heavy atom. The number of nitro groups is 1. The second kappa shape index (κ2) is 3.87. The number of nitro benzene ring substituents is 1. The van der Waals surface area contributed by atoms with Gasteiger partial charge in [0.15, 0.2) is 0 Å². The van der Waals surface area contributed by atoms with Crippen molar-refractivity contribution in [3.8, 4) is 0 Å². The average molecular weight is 268 g/mol. The fraction of sp³-hybridized carbons (Fsp3) is 0.300. The van der Waals surface area contributed by atoms with Crippen molar-refractivity contribution in [1.29, 1.82) is 0 Å². The SMILES string of the molecule is O=[N+]([O-])c1ccc2c(c1)C1CNC(=S(=O)=O)C2O1. The van der Waals surface area contributed by atoms with Crippen LogP contribution in [0.2, 0.25) is 0 Å². The molecule has 0 saturated carbocycles. The molecule has 94 valence electrons. The summed E-state index contributed by atoms with van der Waals surface area (Å²) in [4.78, 5) is 10.3. The number of nitrogens with zero attached hydrogens (tertiary/aromatic N) is 1. The Morgan fingerprint density at radius 2 is 2.17 bits per heavy atom. The van der Waals surface area contributed by atoms with E-state index < -0.39 is 21.3 Å². The molecule has 7 nitrogen and oxygen atoms in total. The van der Waals surface area contributed by atoms with Crippen LogP contribution in [0.25, 0.3) is 0 Å². The fourth-order valence-corrected chi connectivity index (χ4v) is 2.86. The molecule has 2 aliphatic rings. The van der Waals surface area contributed by atoms with E-state index in [0.29, 0.717) is 17.7 Å². The first-order valence-electron chi connectivity index (χ1n) is 5.21. The van der Waals surface area contributed by atoms with Gasteiger partial charge in [-0.25, -0.2) is 0 Å². The summed E-state index contributed by atoms with van der Waals surface area (Å²) in [7, 11) is -2.38. The second-order valence-corrected chi connectivity index (χ2v) is 4.96. The van der Waals surface area contributed by atoms with Gasteiger partial charge in [-0.3, -0.25) is 15.4 Å². The number of hydrogen-bond acceptors (Lipinski definition) is 5. The third kappa shape index (κ3) is 1.54. The smallest absolute Gasteiger partial charge is 0.269 e. The van der Waals surface area contributed by atoms with Crippen LogP contribution in [-0.2, 0) is 15.0 Å². The maximum Gasteiger partial charge on any atom is 0.269 e. The van der Waals surface area contributed by atoms with Crippen molar-refractivity contribution in [1.82, 2.24) is 5.32 Å². The number of fused-ring (bicyclic) bond motifs is 5. The number of benzene rings is 1. The molecular weight excluding hydrogens is 260 g/mol. The molecule has 1 saturated heterocycles. The van der Waals surface area contributed by atoms with Crippen molar-refractivity contribution in [3.05, 3.63) is 39.4 Å². The van der Waals surface area contributed by atoms with E-state index in [1.807, 2.05) is 0 Å². The number of nitrogens with one attached hydrogen (secondary N) is 1. The molecule has 3 rings (SSSR count). The molecule has 2 bridgehead atoms. The summed E-state index contributed by atoms with van der Waals surface area (Å²) in [5.74, 6) is 0. The van der Waals surface area contributed by atoms with Gasteiger partial charge in [0.25, 0.3) is 5.69 Å². The minimum Gasteiger partial charge on any atom is -0.357 e. The molecule has 2 atom stereocenters. The maximum absolute atomic E-state index is 11.0. The summed E-state index contributed by atoms with van der Waals surface area (Å²) >= 11 is 0. The van der Waals surface area contributed by atoms with E-state index in [2.05, 4.69) is 5.32 Å². The Bertz CT molecular complexity index is 674. The Labute approximate surface area is 103 Å². The molecule has 1 aromatic rings. The van der Waals surface area contributed by atoms with E-state index in [1.165, 1.54) is 12.1 Å². The summed E-state index contributed by atoms with van der Waals surface area (Å²) in [5, 5.41) is 13.5. The summed E-state index contributed by atoms with van der Waals surface area (Å²) in [6.07, 6.45) is -1.00. The number of hydrogen-bond donors (Lipinski definition) is 1. The highest BCUT2D eigenvalue weighted by Crippen LogP contribution is 2.42. The molecule has 0 aliphatic carbocycles. The number of morpholine rings is 1. The summed E-state index contributed by atoms with van der Waals surface area (Å²) < 4.78 is 27.6. The fourth-order valence-electron chi connectivity index (χ4n) is 2.30. The van der Waals surface area contributed by atoms with Gasteiger partial charge < -0.3 is 4.74 Å². The minimum atomic E-state index is -2.38. The molecular formula is C10H8N2O5S. The highest BCUT2D eigenvalue weighted by Gasteiger charge is 2.40. The highest BCUT2D eigenvalue weighted by atomic mass is 32.2. The minimum absolute atomic E-state index is 0.0188. The zero-order chi connectivity index (χ0) is 12.9. The lowest BCUT2D eigenvalue weighted by molar-refractivity contribution is -0.384. The Kier molecular flexibility index (Phi) is 2.44. The number of non-ortho nitro benzene ring substituents is 1. The first-order chi connectivity index (χ1) is 8.58. The van der Waals surface area contributed by atoms with Crippen LogP contribution in [0.1, 0.15) is 23.3 Å². The summed E-state index contributed by atoms with van der Waals surface area (Å²) in [5.41, 5.74) is 1.34. The van der Waals surface area contributed by atoms with Crippen molar-refractivity contribution >= 4 is 21.0 Å². The van der Waals surface area contributed by atoms with E-state index in [0.717, 1.165) is 0 Å². The van der Waals surface area contributed by atoms with Crippen molar-refractivity contribution in [2.75, 3.05) is 6.54 Å². The molecule has 18 heavy (non-hydrogen) atoms. The van der Waals surface area contributed by atoms with Crippen LogP contribution >= 0.6 is 0 Å². The highest BCUT2D eigenvalue weighted by molar-refractivity contribution is 7.73. The summed E-state index contributed by atoms with van der Waals surface area (Å²) in [6.45, 7) is 0.300. The van der Waals surface area contributed by atoms with Gasteiger partial charge in [0.05, 0.1) is 11.0 Å². The molecule has 0 radical (unpaired) electrons. The second-order valence-electron chi connectivity index (χ2n) is 4.05. The van der Waals surface area contributed by atoms with Gasteiger partial charge in [-0.1, -0.05) is 0 Å². The van der Waals surface area contributed by atoms with Gasteiger partial charge >= 0.3 is 0 Å². The molecule has 8 heteroatoms. The normalized spacial score (nSPS) is 24.8. The van der Waals surface area contributed by atoms with Crippen molar-refractivity contribution in [2.45, 2.75) is 12.2 Å². The van der Waals surface area contributed by atoms with Crippen LogP contribution < -0.4 is 5.32 Å². The molecule has 2 unspecified atom stereocenters. The van der Waals surface area contributed by atoms with Crippen LogP contribution in [0, 0.1) is 10.1 Å². The van der Waals surface area contributed by atoms with Gasteiger partial charge in [-0.2, -0.15) is 8.42 Å². The Balaban J connectivity index is 2.16. The lowest BCUT2D eigenvalue weighted by Gasteiger charge is -2.21. The molecule has 0 aromatic heterocycles. The van der Waals surface area contributed by atoms with Crippen LogP contribution in [0.15, 0.2) is 18.2 Å². The molecule has 1 N–H and O–H groups in total. The van der Waals surface area contributed by atoms with Gasteiger partial charge in [0.1, 0.15) is 11.1 Å². The third-order valence-corrected chi connectivity index (χ3v) is 3.81. The molecule has 1 aromatic carbocycles. The zero-order valence-electron chi connectivity index (χ0n) is 8.99. The largest absolute Gasteiger partial charge is 0.357 e. The Hall–Kier alpha value is -1.77.